The molecule has 0 aromatic carbocycles. The van der Waals surface area contributed by atoms with Crippen LogP contribution in [0.2, 0.25) is 0 Å². The Balaban J connectivity index is 0.00000264. The number of furan rings is 1. The van der Waals surface area contributed by atoms with Crippen LogP contribution < -0.4 is 16.4 Å². The number of aryl methyl sites for hydroxylation is 1. The van der Waals surface area contributed by atoms with E-state index in [9.17, 15) is 9.59 Å². The van der Waals surface area contributed by atoms with Crippen molar-refractivity contribution in [2.24, 2.45) is 5.73 Å². The molecule has 0 saturated heterocycles. The second kappa shape index (κ2) is 9.29. The predicted molar refractivity (Wildman–Crippen MR) is 90.0 cm³/mol. The zero-order valence-electron chi connectivity index (χ0n) is 12.6. The van der Waals surface area contributed by atoms with Crippen LogP contribution in [0.1, 0.15) is 38.0 Å². The maximum atomic E-state index is 11.8. The van der Waals surface area contributed by atoms with Crippen LogP contribution in [-0.4, -0.2) is 29.9 Å². The summed E-state index contributed by atoms with van der Waals surface area (Å²) in [6.07, 6.45) is 2.10. The van der Waals surface area contributed by atoms with Gasteiger partial charge in [-0.05, 0) is 19.4 Å². The summed E-state index contributed by atoms with van der Waals surface area (Å²) in [5.74, 6) is -0.161. The van der Waals surface area contributed by atoms with Crippen LogP contribution >= 0.6 is 23.7 Å². The molecule has 2 aromatic rings. The lowest BCUT2D eigenvalue weighted by Gasteiger charge is -2.05. The van der Waals surface area contributed by atoms with E-state index in [0.717, 1.165) is 10.6 Å². The molecule has 0 aliphatic heterocycles. The van der Waals surface area contributed by atoms with Gasteiger partial charge in [-0.25, -0.2) is 4.98 Å². The van der Waals surface area contributed by atoms with Crippen LogP contribution in [0.5, 0.6) is 0 Å². The third-order valence-corrected chi connectivity index (χ3v) is 3.82. The molecule has 9 heteroatoms. The van der Waals surface area contributed by atoms with Crippen molar-refractivity contribution in [3.63, 3.8) is 0 Å². The molecule has 0 bridgehead atoms. The number of nitrogens with two attached hydrogens (primary N) is 1. The van der Waals surface area contributed by atoms with E-state index in [1.807, 2.05) is 6.92 Å². The Labute approximate surface area is 144 Å². The van der Waals surface area contributed by atoms with Crippen LogP contribution in [0.15, 0.2) is 22.1 Å². The summed E-state index contributed by atoms with van der Waals surface area (Å²) >= 11 is 1.36. The lowest BCUT2D eigenvalue weighted by atomic mass is 10.2. The minimum Gasteiger partial charge on any atom is -0.459 e. The van der Waals surface area contributed by atoms with Crippen LogP contribution in [0.25, 0.3) is 0 Å². The Morgan fingerprint density at radius 2 is 2.00 bits per heavy atom. The Morgan fingerprint density at radius 1 is 1.30 bits per heavy atom. The Kier molecular flexibility index (Phi) is 7.73. The first-order chi connectivity index (χ1) is 10.6. The van der Waals surface area contributed by atoms with Gasteiger partial charge in [0.25, 0.3) is 11.8 Å². The fourth-order valence-electron chi connectivity index (χ4n) is 1.78. The molecule has 4 N–H and O–H groups in total. The third kappa shape index (κ3) is 5.34. The van der Waals surface area contributed by atoms with Gasteiger partial charge in [-0.2, -0.15) is 0 Å². The predicted octanol–water partition coefficient (Wildman–Crippen LogP) is 1.47. The largest absolute Gasteiger partial charge is 0.459 e. The number of nitrogens with zero attached hydrogens (tertiary/aromatic N) is 1. The molecule has 2 heterocycles. The van der Waals surface area contributed by atoms with E-state index in [0.29, 0.717) is 37.5 Å². The first-order valence-electron chi connectivity index (χ1n) is 6.86. The number of aromatic nitrogens is 1. The molecule has 0 unspecified atom stereocenters. The molecule has 0 aliphatic carbocycles. The quantitative estimate of drug-likeness (QED) is 0.649. The zero-order valence-corrected chi connectivity index (χ0v) is 14.3. The number of hydrogen-bond donors (Lipinski definition) is 3. The second-order valence-electron chi connectivity index (χ2n) is 4.63. The molecule has 2 aromatic heterocycles. The summed E-state index contributed by atoms with van der Waals surface area (Å²) in [7, 11) is 0. The molecule has 0 spiro atoms. The molecule has 0 atom stereocenters. The number of halogens is 1. The van der Waals surface area contributed by atoms with Crippen molar-refractivity contribution in [2.45, 2.75) is 19.9 Å². The van der Waals surface area contributed by atoms with Crippen LogP contribution in [-0.2, 0) is 6.54 Å². The molecule has 2 amide bonds. The minimum absolute atomic E-state index is 0. The summed E-state index contributed by atoms with van der Waals surface area (Å²) in [6, 6.07) is 1.73. The SMILES string of the molecule is Cc1ccoc1C(=O)NCCCNC(=O)c1csc(CN)n1.Cl. The summed E-state index contributed by atoms with van der Waals surface area (Å²) in [4.78, 5) is 27.7. The van der Waals surface area contributed by atoms with Gasteiger partial charge in [-0.3, -0.25) is 9.59 Å². The van der Waals surface area contributed by atoms with Crippen molar-refractivity contribution < 1.29 is 14.0 Å². The number of nitrogens with one attached hydrogen (secondary N) is 2. The lowest BCUT2D eigenvalue weighted by molar-refractivity contribution is 0.0924. The highest BCUT2D eigenvalue weighted by Gasteiger charge is 2.12. The van der Waals surface area contributed by atoms with Crippen LogP contribution in [0.4, 0.5) is 0 Å². The first-order valence-corrected chi connectivity index (χ1v) is 7.74. The Bertz CT molecular complexity index is 656. The normalized spacial score (nSPS) is 10.0. The molecular formula is C14H19ClN4O3S. The van der Waals surface area contributed by atoms with E-state index in [1.165, 1.54) is 17.6 Å². The van der Waals surface area contributed by atoms with Crippen LogP contribution in [0, 0.1) is 6.92 Å². The number of carbonyl (C=O) groups excluding carboxylic acids is 2. The van der Waals surface area contributed by atoms with Crippen molar-refractivity contribution in [2.75, 3.05) is 13.1 Å². The van der Waals surface area contributed by atoms with Gasteiger partial charge in [-0.1, -0.05) is 0 Å². The summed E-state index contributed by atoms with van der Waals surface area (Å²) < 4.78 is 5.09. The second-order valence-corrected chi connectivity index (χ2v) is 5.57. The van der Waals surface area contributed by atoms with E-state index in [2.05, 4.69) is 15.6 Å². The topological polar surface area (TPSA) is 110 Å². The molecule has 2 rings (SSSR count). The highest BCUT2D eigenvalue weighted by molar-refractivity contribution is 7.09. The van der Waals surface area contributed by atoms with E-state index in [4.69, 9.17) is 10.2 Å². The van der Waals surface area contributed by atoms with Crippen molar-refractivity contribution in [3.05, 3.63) is 39.7 Å². The van der Waals surface area contributed by atoms with E-state index >= 15 is 0 Å². The molecule has 0 fully saturated rings. The summed E-state index contributed by atoms with van der Waals surface area (Å²) in [5, 5.41) is 7.89. The number of thiazole rings is 1. The standard InChI is InChI=1S/C14H18N4O3S.ClH/c1-9-3-6-21-12(9)14(20)17-5-2-4-16-13(19)10-8-22-11(7-15)18-10;/h3,6,8H,2,4-5,7,15H2,1H3,(H,16,19)(H,17,20);1H. The lowest BCUT2D eigenvalue weighted by Crippen LogP contribution is -2.30. The van der Waals surface area contributed by atoms with Gasteiger partial charge in [0.1, 0.15) is 10.7 Å². The minimum atomic E-state index is -0.249. The highest BCUT2D eigenvalue weighted by atomic mass is 35.5. The van der Waals surface area contributed by atoms with Crippen molar-refractivity contribution >= 4 is 35.6 Å². The molecule has 126 valence electrons. The van der Waals surface area contributed by atoms with Gasteiger partial charge >= 0.3 is 0 Å². The maximum absolute atomic E-state index is 11.8. The van der Waals surface area contributed by atoms with E-state index in [-0.39, 0.29) is 24.2 Å². The molecule has 23 heavy (non-hydrogen) atoms. The maximum Gasteiger partial charge on any atom is 0.287 e. The van der Waals surface area contributed by atoms with Gasteiger partial charge in [0, 0.05) is 30.6 Å². The number of hydrogen-bond acceptors (Lipinski definition) is 6. The molecule has 0 saturated carbocycles. The number of rotatable bonds is 7. The van der Waals surface area contributed by atoms with E-state index < -0.39 is 0 Å². The number of carbonyl (C=O) groups is 2. The monoisotopic (exact) mass is 358 g/mol. The third-order valence-electron chi connectivity index (χ3n) is 2.95. The van der Waals surface area contributed by atoms with E-state index in [1.54, 1.807) is 11.4 Å². The molecule has 0 radical (unpaired) electrons. The average Bonchev–Trinajstić information content (AvgIpc) is 3.15. The molecule has 7 nitrogen and oxygen atoms in total. The summed E-state index contributed by atoms with van der Waals surface area (Å²) in [6.45, 7) is 3.04. The van der Waals surface area contributed by atoms with Gasteiger partial charge < -0.3 is 20.8 Å². The highest BCUT2D eigenvalue weighted by Crippen LogP contribution is 2.09. The summed E-state index contributed by atoms with van der Waals surface area (Å²) in [5.41, 5.74) is 6.62. The van der Waals surface area contributed by atoms with Gasteiger partial charge in [-0.15, -0.1) is 23.7 Å². The fraction of sp³-hybridized carbons (Fsp3) is 0.357. The Hall–Kier alpha value is -1.90. The van der Waals surface area contributed by atoms with Gasteiger partial charge in [0.05, 0.1) is 6.26 Å². The smallest absolute Gasteiger partial charge is 0.287 e. The zero-order chi connectivity index (χ0) is 15.9. The van der Waals surface area contributed by atoms with Crippen LogP contribution in [0.3, 0.4) is 0 Å². The molecular weight excluding hydrogens is 340 g/mol. The fourth-order valence-corrected chi connectivity index (χ4v) is 2.43. The van der Waals surface area contributed by atoms with Gasteiger partial charge in [0.15, 0.2) is 5.76 Å². The Morgan fingerprint density at radius 3 is 2.57 bits per heavy atom. The first kappa shape index (κ1) is 19.1. The van der Waals surface area contributed by atoms with Crippen molar-refractivity contribution in [1.82, 2.24) is 15.6 Å². The average molecular weight is 359 g/mol. The van der Waals surface area contributed by atoms with Crippen molar-refractivity contribution in [1.29, 1.82) is 0 Å². The van der Waals surface area contributed by atoms with Crippen molar-refractivity contribution in [3.8, 4) is 0 Å². The van der Waals surface area contributed by atoms with Gasteiger partial charge in [0.2, 0.25) is 0 Å². The molecule has 0 aliphatic rings. The number of amides is 2.